The zero-order chi connectivity index (χ0) is 25.9. The highest BCUT2D eigenvalue weighted by Gasteiger charge is 2.14. The molecule has 0 unspecified atom stereocenters. The van der Waals surface area contributed by atoms with Gasteiger partial charge in [-0.15, -0.1) is 0 Å². The van der Waals surface area contributed by atoms with Crippen LogP contribution in [0.25, 0.3) is 55.9 Å². The quantitative estimate of drug-likeness (QED) is 0.219. The van der Waals surface area contributed by atoms with Crippen LogP contribution in [0.4, 0.5) is 0 Å². The Morgan fingerprint density at radius 3 is 1.95 bits per heavy atom. The smallest absolute Gasteiger partial charge is 0.164 e. The number of rotatable bonds is 6. The van der Waals surface area contributed by atoms with Crippen molar-refractivity contribution in [3.8, 4) is 22.8 Å². The van der Waals surface area contributed by atoms with E-state index < -0.39 is 0 Å². The van der Waals surface area contributed by atoms with Crippen molar-refractivity contribution in [2.24, 2.45) is 0 Å². The lowest BCUT2D eigenvalue weighted by Crippen LogP contribution is -2.02. The molecule has 182 valence electrons. The van der Waals surface area contributed by atoms with Crippen molar-refractivity contribution in [3.05, 3.63) is 139 Å². The number of nitrogens with zero attached hydrogens (tertiary/aromatic N) is 3. The summed E-state index contributed by atoms with van der Waals surface area (Å²) in [5.41, 5.74) is 6.32. The largest absolute Gasteiger partial charge is 0.456 e. The summed E-state index contributed by atoms with van der Waals surface area (Å²) in [6.45, 7) is 6.38. The molecule has 38 heavy (non-hydrogen) atoms. The van der Waals surface area contributed by atoms with Crippen molar-refractivity contribution in [2.75, 3.05) is 0 Å². The van der Waals surface area contributed by atoms with Crippen molar-refractivity contribution in [1.82, 2.24) is 15.0 Å². The van der Waals surface area contributed by atoms with Crippen LogP contribution in [0.3, 0.4) is 0 Å². The highest BCUT2D eigenvalue weighted by molar-refractivity contribution is 6.06. The number of hydrogen-bond acceptors (Lipinski definition) is 4. The van der Waals surface area contributed by atoms with Crippen LogP contribution in [-0.2, 0) is 0 Å². The molecule has 6 rings (SSSR count). The standard InChI is InChI=1S/C34H25N3O/c1-3-12-27(21-23(2)26-19-20-31-29(22-26)28-17-10-11-18-30(28)38-31)34-36-32(24-13-6-4-7-14-24)35-33(37-34)25-15-8-5-9-16-25/h3-22H,2H2,1H3/b12-3-,27-21+. The van der Waals surface area contributed by atoms with Crippen LogP contribution < -0.4 is 0 Å². The summed E-state index contributed by atoms with van der Waals surface area (Å²) in [5.74, 6) is 1.84. The number of benzene rings is 4. The molecule has 0 fully saturated rings. The lowest BCUT2D eigenvalue weighted by atomic mass is 10.0. The van der Waals surface area contributed by atoms with E-state index in [4.69, 9.17) is 19.4 Å². The summed E-state index contributed by atoms with van der Waals surface area (Å²) in [6, 6.07) is 34.2. The number of aromatic nitrogens is 3. The molecule has 6 aromatic rings. The third-order valence-corrected chi connectivity index (χ3v) is 6.38. The van der Waals surface area contributed by atoms with Gasteiger partial charge in [-0.25, -0.2) is 15.0 Å². The van der Waals surface area contributed by atoms with E-state index >= 15 is 0 Å². The number of para-hydroxylation sites is 1. The maximum atomic E-state index is 6.00. The van der Waals surface area contributed by atoms with Gasteiger partial charge in [0, 0.05) is 27.5 Å². The lowest BCUT2D eigenvalue weighted by molar-refractivity contribution is 0.669. The van der Waals surface area contributed by atoms with Crippen LogP contribution in [0.2, 0.25) is 0 Å². The predicted molar refractivity (Wildman–Crippen MR) is 156 cm³/mol. The Morgan fingerprint density at radius 2 is 1.29 bits per heavy atom. The molecule has 0 aliphatic carbocycles. The van der Waals surface area contributed by atoms with Crippen molar-refractivity contribution in [3.63, 3.8) is 0 Å². The molecular weight excluding hydrogens is 466 g/mol. The first kappa shape index (κ1) is 23.3. The van der Waals surface area contributed by atoms with Crippen LogP contribution in [0.5, 0.6) is 0 Å². The highest BCUT2D eigenvalue weighted by Crippen LogP contribution is 2.32. The minimum atomic E-state index is 0.590. The van der Waals surface area contributed by atoms with E-state index in [1.54, 1.807) is 0 Å². The van der Waals surface area contributed by atoms with Crippen molar-refractivity contribution in [2.45, 2.75) is 6.92 Å². The van der Waals surface area contributed by atoms with E-state index in [0.29, 0.717) is 17.5 Å². The Labute approximate surface area is 221 Å². The summed E-state index contributed by atoms with van der Waals surface area (Å²) >= 11 is 0. The summed E-state index contributed by atoms with van der Waals surface area (Å²) in [4.78, 5) is 14.6. The van der Waals surface area contributed by atoms with E-state index in [0.717, 1.165) is 49.8 Å². The van der Waals surface area contributed by atoms with Gasteiger partial charge in [-0.2, -0.15) is 0 Å². The zero-order valence-corrected chi connectivity index (χ0v) is 21.0. The fourth-order valence-electron chi connectivity index (χ4n) is 4.50. The zero-order valence-electron chi connectivity index (χ0n) is 21.0. The maximum absolute atomic E-state index is 6.00. The fraction of sp³-hybridized carbons (Fsp3) is 0.0294. The van der Waals surface area contributed by atoms with Gasteiger partial charge in [0.15, 0.2) is 17.5 Å². The van der Waals surface area contributed by atoms with E-state index in [9.17, 15) is 0 Å². The van der Waals surface area contributed by atoms with Crippen LogP contribution in [0, 0.1) is 0 Å². The molecule has 4 aromatic carbocycles. The first-order chi connectivity index (χ1) is 18.7. The minimum Gasteiger partial charge on any atom is -0.456 e. The Bertz CT molecular complexity index is 1770. The van der Waals surface area contributed by atoms with Gasteiger partial charge in [-0.05, 0) is 42.3 Å². The average molecular weight is 492 g/mol. The predicted octanol–water partition coefficient (Wildman–Crippen LogP) is 8.78. The lowest BCUT2D eigenvalue weighted by Gasteiger charge is -2.10. The molecule has 0 spiro atoms. The molecule has 2 aromatic heterocycles. The van der Waals surface area contributed by atoms with Gasteiger partial charge in [0.05, 0.1) is 0 Å². The molecule has 0 saturated heterocycles. The fourth-order valence-corrected chi connectivity index (χ4v) is 4.50. The molecule has 4 nitrogen and oxygen atoms in total. The van der Waals surface area contributed by atoms with Gasteiger partial charge in [0.25, 0.3) is 0 Å². The maximum Gasteiger partial charge on any atom is 0.164 e. The third-order valence-electron chi connectivity index (χ3n) is 6.38. The molecular formula is C34H25N3O. The summed E-state index contributed by atoms with van der Waals surface area (Å²) in [6.07, 6.45) is 6.03. The highest BCUT2D eigenvalue weighted by atomic mass is 16.3. The van der Waals surface area contributed by atoms with E-state index in [1.165, 1.54) is 0 Å². The molecule has 0 radical (unpaired) electrons. The van der Waals surface area contributed by atoms with Gasteiger partial charge in [0.1, 0.15) is 11.2 Å². The number of hydrogen-bond donors (Lipinski definition) is 0. The van der Waals surface area contributed by atoms with E-state index in [1.807, 2.05) is 116 Å². The Morgan fingerprint density at radius 1 is 0.684 bits per heavy atom. The summed E-state index contributed by atoms with van der Waals surface area (Å²) < 4.78 is 6.00. The van der Waals surface area contributed by atoms with Crippen LogP contribution in [0.1, 0.15) is 18.3 Å². The first-order valence-electron chi connectivity index (χ1n) is 12.5. The normalized spacial score (nSPS) is 12.0. The van der Waals surface area contributed by atoms with Gasteiger partial charge in [-0.3, -0.25) is 0 Å². The number of fused-ring (bicyclic) bond motifs is 3. The molecule has 4 heteroatoms. The molecule has 0 amide bonds. The molecule has 0 bridgehead atoms. The average Bonchev–Trinajstić information content (AvgIpc) is 3.35. The monoisotopic (exact) mass is 491 g/mol. The molecule has 0 aliphatic rings. The van der Waals surface area contributed by atoms with Crippen LogP contribution >= 0.6 is 0 Å². The van der Waals surface area contributed by atoms with Gasteiger partial charge < -0.3 is 4.42 Å². The molecule has 0 atom stereocenters. The van der Waals surface area contributed by atoms with Crippen molar-refractivity contribution in [1.29, 1.82) is 0 Å². The second-order valence-corrected chi connectivity index (χ2v) is 8.97. The topological polar surface area (TPSA) is 51.8 Å². The SMILES string of the molecule is C=C(/C=C(\C=C/C)c1nc(-c2ccccc2)nc(-c2ccccc2)n1)c1ccc2oc3ccccc3c2c1. The number of allylic oxidation sites excluding steroid dienone is 5. The molecule has 0 aliphatic heterocycles. The second kappa shape index (κ2) is 10.1. The van der Waals surface area contributed by atoms with Crippen LogP contribution in [0.15, 0.2) is 132 Å². The number of furan rings is 1. The van der Waals surface area contributed by atoms with E-state index in [2.05, 4.69) is 18.7 Å². The third kappa shape index (κ3) is 4.56. The Balaban J connectivity index is 1.46. The van der Waals surface area contributed by atoms with Crippen LogP contribution in [-0.4, -0.2) is 15.0 Å². The van der Waals surface area contributed by atoms with Crippen molar-refractivity contribution < 1.29 is 4.42 Å². The summed E-state index contributed by atoms with van der Waals surface area (Å²) in [7, 11) is 0. The van der Waals surface area contributed by atoms with Gasteiger partial charge in [0.2, 0.25) is 0 Å². The Hall–Kier alpha value is -5.09. The first-order valence-corrected chi connectivity index (χ1v) is 12.5. The molecule has 0 N–H and O–H groups in total. The Kier molecular flexibility index (Phi) is 6.20. The minimum absolute atomic E-state index is 0.590. The summed E-state index contributed by atoms with van der Waals surface area (Å²) in [5, 5.41) is 2.16. The molecule has 2 heterocycles. The van der Waals surface area contributed by atoms with Gasteiger partial charge >= 0.3 is 0 Å². The molecule has 0 saturated carbocycles. The van der Waals surface area contributed by atoms with E-state index in [-0.39, 0.29) is 0 Å². The van der Waals surface area contributed by atoms with Crippen molar-refractivity contribution >= 4 is 33.1 Å². The second-order valence-electron chi connectivity index (χ2n) is 8.97. The van der Waals surface area contributed by atoms with Gasteiger partial charge in [-0.1, -0.05) is 104 Å².